The molecule has 5 N–H and O–H groups in total. The van der Waals surface area contributed by atoms with Crippen molar-refractivity contribution in [3.8, 4) is 24.0 Å². The van der Waals surface area contributed by atoms with Crippen molar-refractivity contribution in [2.24, 2.45) is 5.41 Å². The standard InChI is InChI=1S/C28H31N5O2.C6H12.C3H6.C2H6.C2H4.C2H2/c29-24-11-8-22(20-4-2-1-3-5-20)18-25(24)32-26(34)21-6-9-23(10-7-21)31-27(35)33-16-13-28(14-17-33)12-15-30-19-28;1-4-6(3)5-2;1-3-2;3*1-2/h1-11,18,30H,12-17,19,29H2,(H,31,35)(H,32,34);4H,5H2,1-3H3;3H,1H2,2H3;1-2H3;1-2H2;1-2H/b;6-4-;;;;. The van der Waals surface area contributed by atoms with Crippen LogP contribution < -0.4 is 21.7 Å². The minimum atomic E-state index is -0.258. The second-order valence-electron chi connectivity index (χ2n) is 11.4. The van der Waals surface area contributed by atoms with Gasteiger partial charge in [-0.25, -0.2) is 4.79 Å². The average molecular weight is 680 g/mol. The number of terminal acetylenes is 1. The van der Waals surface area contributed by atoms with Gasteiger partial charge in [-0.2, -0.15) is 0 Å². The molecule has 0 atom stereocenters. The van der Waals surface area contributed by atoms with Crippen LogP contribution in [0.15, 0.2) is 110 Å². The van der Waals surface area contributed by atoms with Gasteiger partial charge in [0.25, 0.3) is 5.91 Å². The van der Waals surface area contributed by atoms with Crippen LogP contribution in [0.25, 0.3) is 11.1 Å². The molecule has 3 amide bonds. The molecule has 7 heteroatoms. The Balaban J connectivity index is 0.00000138. The highest BCUT2D eigenvalue weighted by molar-refractivity contribution is 6.06. The van der Waals surface area contributed by atoms with Gasteiger partial charge in [-0.05, 0) is 106 Å². The van der Waals surface area contributed by atoms with E-state index in [2.05, 4.69) is 75.4 Å². The highest BCUT2D eigenvalue weighted by atomic mass is 16.2. The Morgan fingerprint density at radius 1 is 0.920 bits per heavy atom. The van der Waals surface area contributed by atoms with E-state index in [1.54, 1.807) is 36.4 Å². The Bertz CT molecular complexity index is 1450. The summed E-state index contributed by atoms with van der Waals surface area (Å²) in [6, 6.07) is 22.4. The number of hydrogen-bond acceptors (Lipinski definition) is 4. The van der Waals surface area contributed by atoms with Crippen LogP contribution in [-0.4, -0.2) is 43.0 Å². The third-order valence-corrected chi connectivity index (χ3v) is 8.30. The zero-order valence-electron chi connectivity index (χ0n) is 31.4. The van der Waals surface area contributed by atoms with Gasteiger partial charge in [0.15, 0.2) is 0 Å². The fourth-order valence-corrected chi connectivity index (χ4v) is 5.19. The van der Waals surface area contributed by atoms with Crippen molar-refractivity contribution in [3.05, 3.63) is 116 Å². The Morgan fingerprint density at radius 3 is 1.98 bits per heavy atom. The van der Waals surface area contributed by atoms with Crippen LogP contribution in [0.5, 0.6) is 0 Å². The highest BCUT2D eigenvalue weighted by Crippen LogP contribution is 2.37. The van der Waals surface area contributed by atoms with E-state index in [0.29, 0.717) is 28.0 Å². The largest absolute Gasteiger partial charge is 0.397 e. The van der Waals surface area contributed by atoms with Crippen molar-refractivity contribution < 1.29 is 9.59 Å². The maximum absolute atomic E-state index is 12.9. The van der Waals surface area contributed by atoms with Gasteiger partial charge < -0.3 is 26.6 Å². The number of benzene rings is 3. The van der Waals surface area contributed by atoms with Gasteiger partial charge in [-0.3, -0.25) is 4.79 Å². The molecule has 2 heterocycles. The van der Waals surface area contributed by atoms with Crippen molar-refractivity contribution in [2.75, 3.05) is 42.5 Å². The van der Waals surface area contributed by atoms with Gasteiger partial charge in [0.05, 0.1) is 11.4 Å². The highest BCUT2D eigenvalue weighted by Gasteiger charge is 2.38. The zero-order chi connectivity index (χ0) is 38.0. The lowest BCUT2D eigenvalue weighted by atomic mass is 9.78. The summed E-state index contributed by atoms with van der Waals surface area (Å²) in [6.07, 6.45) is 16.4. The summed E-state index contributed by atoms with van der Waals surface area (Å²) >= 11 is 0. The molecule has 7 nitrogen and oxygen atoms in total. The van der Waals surface area contributed by atoms with E-state index < -0.39 is 0 Å². The van der Waals surface area contributed by atoms with Crippen molar-refractivity contribution in [3.63, 3.8) is 0 Å². The number of urea groups is 1. The number of rotatable bonds is 5. The molecule has 3 aromatic carbocycles. The van der Waals surface area contributed by atoms with Crippen molar-refractivity contribution in [1.29, 1.82) is 0 Å². The average Bonchev–Trinajstić information content (AvgIpc) is 3.63. The van der Waals surface area contributed by atoms with Crippen molar-refractivity contribution >= 4 is 29.0 Å². The van der Waals surface area contributed by atoms with E-state index >= 15 is 0 Å². The van der Waals surface area contributed by atoms with Crippen LogP contribution >= 0.6 is 0 Å². The molecule has 2 aliphatic heterocycles. The van der Waals surface area contributed by atoms with Gasteiger partial charge >= 0.3 is 6.03 Å². The number of nitrogens with one attached hydrogen (secondary N) is 3. The third-order valence-electron chi connectivity index (χ3n) is 8.30. The van der Waals surface area contributed by atoms with E-state index in [-0.39, 0.29) is 11.9 Å². The maximum Gasteiger partial charge on any atom is 0.321 e. The molecule has 0 aromatic heterocycles. The first-order valence-corrected chi connectivity index (χ1v) is 17.4. The number of allylic oxidation sites excluding steroid dienone is 3. The maximum atomic E-state index is 12.9. The molecule has 5 rings (SSSR count). The first kappa shape index (κ1) is 44.9. The van der Waals surface area contributed by atoms with Gasteiger partial charge in [0.2, 0.25) is 0 Å². The fraction of sp³-hybridized carbons (Fsp3) is 0.349. The number of nitrogens with zero attached hydrogens (tertiary/aromatic N) is 1. The predicted molar refractivity (Wildman–Crippen MR) is 219 cm³/mol. The molecule has 0 radical (unpaired) electrons. The number of piperidine rings is 1. The molecule has 3 aromatic rings. The van der Waals surface area contributed by atoms with Crippen LogP contribution in [0.1, 0.15) is 77.6 Å². The molecule has 270 valence electrons. The number of nitrogens with two attached hydrogens (primary N) is 1. The Kier molecular flexibility index (Phi) is 23.3. The lowest BCUT2D eigenvalue weighted by molar-refractivity contribution is 0.102. The summed E-state index contributed by atoms with van der Waals surface area (Å²) in [5.74, 6) is -0.258. The number of carbonyl (C=O) groups excluding carboxylic acids is 2. The van der Waals surface area contributed by atoms with Crippen LogP contribution in [-0.2, 0) is 0 Å². The lowest BCUT2D eigenvalue weighted by Gasteiger charge is -2.38. The summed E-state index contributed by atoms with van der Waals surface area (Å²) in [5.41, 5.74) is 12.2. The number of amides is 3. The van der Waals surface area contributed by atoms with E-state index in [1.165, 1.54) is 18.4 Å². The number of nitrogen functional groups attached to an aromatic ring is 1. The molecule has 0 saturated carbocycles. The summed E-state index contributed by atoms with van der Waals surface area (Å²) < 4.78 is 0. The quantitative estimate of drug-likeness (QED) is 0.123. The SMILES string of the molecule is C#C.C/C=C(/C)CC.C=C.C=CC.CC.Nc1ccc(-c2ccccc2)cc1NC(=O)c1ccc(NC(=O)N2CCC3(CCNC3)CC2)cc1. The topological polar surface area (TPSA) is 99.5 Å². The van der Waals surface area contributed by atoms with E-state index in [0.717, 1.165) is 50.1 Å². The van der Waals surface area contributed by atoms with Crippen molar-refractivity contribution in [1.82, 2.24) is 10.2 Å². The van der Waals surface area contributed by atoms with Crippen LogP contribution in [0.2, 0.25) is 0 Å². The number of likely N-dealkylation sites (tertiary alicyclic amines) is 1. The first-order chi connectivity index (χ1) is 24.2. The third kappa shape index (κ3) is 15.0. The molecular formula is C43H61N5O2. The fourth-order valence-electron chi connectivity index (χ4n) is 5.19. The molecule has 0 bridgehead atoms. The van der Waals surface area contributed by atoms with Crippen LogP contribution in [0.4, 0.5) is 21.9 Å². The molecule has 0 aliphatic carbocycles. The summed E-state index contributed by atoms with van der Waals surface area (Å²) in [4.78, 5) is 27.5. The van der Waals surface area contributed by atoms with Gasteiger partial charge in [0.1, 0.15) is 0 Å². The molecule has 2 saturated heterocycles. The molecule has 50 heavy (non-hydrogen) atoms. The normalized spacial score (nSPS) is 13.7. The van der Waals surface area contributed by atoms with Gasteiger partial charge in [0, 0.05) is 30.9 Å². The Hall–Kier alpha value is -5.06. The predicted octanol–water partition coefficient (Wildman–Crippen LogP) is 10.4. The first-order valence-electron chi connectivity index (χ1n) is 17.4. The van der Waals surface area contributed by atoms with Gasteiger partial charge in [-0.15, -0.1) is 32.6 Å². The Labute approximate surface area is 303 Å². The second-order valence-corrected chi connectivity index (χ2v) is 11.4. The smallest absolute Gasteiger partial charge is 0.321 e. The second kappa shape index (κ2) is 25.9. The minimum Gasteiger partial charge on any atom is -0.397 e. The minimum absolute atomic E-state index is 0.0893. The molecule has 2 fully saturated rings. The lowest BCUT2D eigenvalue weighted by Crippen LogP contribution is -2.45. The Morgan fingerprint density at radius 2 is 1.50 bits per heavy atom. The number of anilines is 3. The molecule has 1 spiro atoms. The number of hydrogen-bond donors (Lipinski definition) is 4. The molecular weight excluding hydrogens is 619 g/mol. The van der Waals surface area contributed by atoms with Crippen LogP contribution in [0, 0.1) is 18.3 Å². The van der Waals surface area contributed by atoms with Gasteiger partial charge in [-0.1, -0.05) is 74.9 Å². The monoisotopic (exact) mass is 679 g/mol. The van der Waals surface area contributed by atoms with Crippen LogP contribution in [0.3, 0.4) is 0 Å². The van der Waals surface area contributed by atoms with Crippen molar-refractivity contribution in [2.45, 2.75) is 67.2 Å². The van der Waals surface area contributed by atoms with E-state index in [1.807, 2.05) is 68.1 Å². The molecule has 2 aliphatic rings. The number of carbonyl (C=O) groups is 2. The molecule has 0 unspecified atom stereocenters. The zero-order valence-corrected chi connectivity index (χ0v) is 31.4. The van der Waals surface area contributed by atoms with E-state index in [4.69, 9.17) is 5.73 Å². The van der Waals surface area contributed by atoms with E-state index in [9.17, 15) is 9.59 Å². The summed E-state index contributed by atoms with van der Waals surface area (Å²) in [6.45, 7) is 25.3. The summed E-state index contributed by atoms with van der Waals surface area (Å²) in [7, 11) is 0. The summed E-state index contributed by atoms with van der Waals surface area (Å²) in [5, 5.41) is 9.32.